The SMILES string of the molecule is CCCCCCCC/C=C/CCCCCCCCOC(C)=O.CCCCCCCC/C=C\CCCCO. The molecule has 0 amide bonds. The number of hydrogen-bond donors (Lipinski definition) is 1. The molecule has 0 radical (unpaired) electrons. The van der Waals surface area contributed by atoms with Gasteiger partial charge in [-0.15, -0.1) is 0 Å². The molecule has 3 nitrogen and oxygen atoms in total. The Labute approximate surface area is 232 Å². The normalized spacial score (nSPS) is 11.2. The molecule has 0 aliphatic carbocycles. The molecule has 0 aliphatic rings. The summed E-state index contributed by atoms with van der Waals surface area (Å²) in [4.78, 5) is 10.6. The van der Waals surface area contributed by atoms with Gasteiger partial charge in [0, 0.05) is 13.5 Å². The van der Waals surface area contributed by atoms with Gasteiger partial charge >= 0.3 is 5.97 Å². The predicted molar refractivity (Wildman–Crippen MR) is 164 cm³/mol. The lowest BCUT2D eigenvalue weighted by molar-refractivity contribution is -0.141. The van der Waals surface area contributed by atoms with E-state index in [0.717, 1.165) is 25.7 Å². The van der Waals surface area contributed by atoms with Crippen LogP contribution in [0.1, 0.15) is 175 Å². The summed E-state index contributed by atoms with van der Waals surface area (Å²) in [5, 5.41) is 8.59. The largest absolute Gasteiger partial charge is 0.466 e. The molecular weight excluding hydrogens is 456 g/mol. The monoisotopic (exact) mass is 523 g/mol. The quantitative estimate of drug-likeness (QED) is 0.0662. The lowest BCUT2D eigenvalue weighted by atomic mass is 10.1. The van der Waals surface area contributed by atoms with E-state index in [9.17, 15) is 4.79 Å². The minimum absolute atomic E-state index is 0.159. The maximum Gasteiger partial charge on any atom is 0.302 e. The lowest BCUT2D eigenvalue weighted by Gasteiger charge is -2.02. The van der Waals surface area contributed by atoms with Gasteiger partial charge in [-0.1, -0.05) is 128 Å². The van der Waals surface area contributed by atoms with E-state index < -0.39 is 0 Å². The maximum absolute atomic E-state index is 10.6. The third-order valence-electron chi connectivity index (χ3n) is 6.63. The van der Waals surface area contributed by atoms with E-state index in [2.05, 4.69) is 38.2 Å². The van der Waals surface area contributed by atoms with Crippen molar-refractivity contribution in [1.82, 2.24) is 0 Å². The summed E-state index contributed by atoms with van der Waals surface area (Å²) in [7, 11) is 0. The van der Waals surface area contributed by atoms with Gasteiger partial charge in [0.2, 0.25) is 0 Å². The average molecular weight is 523 g/mol. The second kappa shape index (κ2) is 37.1. The Morgan fingerprint density at radius 3 is 1.19 bits per heavy atom. The van der Waals surface area contributed by atoms with Crippen LogP contribution in [0.4, 0.5) is 0 Å². The van der Waals surface area contributed by atoms with Crippen molar-refractivity contribution in [2.75, 3.05) is 13.2 Å². The average Bonchev–Trinajstić information content (AvgIpc) is 2.89. The molecule has 0 aliphatic heterocycles. The van der Waals surface area contributed by atoms with E-state index in [0.29, 0.717) is 13.2 Å². The first-order valence-corrected chi connectivity index (χ1v) is 16.2. The smallest absolute Gasteiger partial charge is 0.302 e. The number of esters is 1. The number of rotatable bonds is 27. The molecule has 0 bridgehead atoms. The van der Waals surface area contributed by atoms with Crippen molar-refractivity contribution in [3.63, 3.8) is 0 Å². The zero-order valence-electron chi connectivity index (χ0n) is 25.5. The molecule has 0 aromatic heterocycles. The summed E-state index contributed by atoms with van der Waals surface area (Å²) >= 11 is 0. The van der Waals surface area contributed by atoms with Gasteiger partial charge in [0.1, 0.15) is 0 Å². The Morgan fingerprint density at radius 2 is 0.838 bits per heavy atom. The van der Waals surface area contributed by atoms with Crippen LogP contribution in [-0.2, 0) is 9.53 Å². The molecule has 0 heterocycles. The van der Waals surface area contributed by atoms with Crippen LogP contribution in [0.15, 0.2) is 24.3 Å². The second-order valence-corrected chi connectivity index (χ2v) is 10.5. The highest BCUT2D eigenvalue weighted by Gasteiger charge is 1.94. The number of allylic oxidation sites excluding steroid dienone is 4. The number of carbonyl (C=O) groups is 1. The van der Waals surface area contributed by atoms with Gasteiger partial charge in [0.25, 0.3) is 0 Å². The first kappa shape index (κ1) is 38.1. The first-order chi connectivity index (χ1) is 18.2. The van der Waals surface area contributed by atoms with Crippen molar-refractivity contribution in [2.45, 2.75) is 175 Å². The molecule has 0 saturated heterocycles. The number of ether oxygens (including phenoxy) is 1. The molecule has 3 heteroatoms. The van der Waals surface area contributed by atoms with Gasteiger partial charge in [-0.3, -0.25) is 4.79 Å². The van der Waals surface area contributed by atoms with Gasteiger partial charge in [0.15, 0.2) is 0 Å². The third-order valence-corrected chi connectivity index (χ3v) is 6.63. The zero-order valence-corrected chi connectivity index (χ0v) is 25.5. The van der Waals surface area contributed by atoms with E-state index in [1.165, 1.54) is 135 Å². The molecular formula is C34H66O3. The van der Waals surface area contributed by atoms with E-state index in [-0.39, 0.29) is 5.97 Å². The number of aliphatic hydroxyl groups is 1. The Kier molecular flexibility index (Phi) is 38.1. The van der Waals surface area contributed by atoms with Crippen LogP contribution < -0.4 is 0 Å². The Hall–Kier alpha value is -1.09. The third kappa shape index (κ3) is 42.3. The van der Waals surface area contributed by atoms with Crippen molar-refractivity contribution in [2.24, 2.45) is 0 Å². The Morgan fingerprint density at radius 1 is 0.514 bits per heavy atom. The van der Waals surface area contributed by atoms with Crippen LogP contribution in [0.25, 0.3) is 0 Å². The van der Waals surface area contributed by atoms with E-state index in [1.54, 1.807) is 0 Å². The van der Waals surface area contributed by atoms with E-state index in [4.69, 9.17) is 9.84 Å². The predicted octanol–water partition coefficient (Wildman–Crippen LogP) is 11.0. The van der Waals surface area contributed by atoms with Crippen molar-refractivity contribution >= 4 is 5.97 Å². The van der Waals surface area contributed by atoms with Gasteiger partial charge in [0.05, 0.1) is 6.61 Å². The number of hydrogen-bond acceptors (Lipinski definition) is 3. The molecule has 37 heavy (non-hydrogen) atoms. The summed E-state index contributed by atoms with van der Waals surface area (Å²) in [6, 6.07) is 0. The van der Waals surface area contributed by atoms with Gasteiger partial charge in [-0.25, -0.2) is 0 Å². The van der Waals surface area contributed by atoms with Gasteiger partial charge in [-0.2, -0.15) is 0 Å². The molecule has 0 unspecified atom stereocenters. The fraction of sp³-hybridized carbons (Fsp3) is 0.853. The maximum atomic E-state index is 10.6. The van der Waals surface area contributed by atoms with Crippen LogP contribution in [0.3, 0.4) is 0 Å². The van der Waals surface area contributed by atoms with E-state index in [1.807, 2.05) is 0 Å². The summed E-state index contributed by atoms with van der Waals surface area (Å²) in [5.74, 6) is -0.159. The summed E-state index contributed by atoms with van der Waals surface area (Å²) in [6.45, 7) is 6.93. The number of aliphatic hydroxyl groups excluding tert-OH is 1. The highest BCUT2D eigenvalue weighted by atomic mass is 16.5. The fourth-order valence-corrected chi connectivity index (χ4v) is 4.22. The minimum Gasteiger partial charge on any atom is -0.466 e. The van der Waals surface area contributed by atoms with Crippen molar-refractivity contribution in [3.8, 4) is 0 Å². The first-order valence-electron chi connectivity index (χ1n) is 16.2. The van der Waals surface area contributed by atoms with Gasteiger partial charge in [-0.05, 0) is 64.2 Å². The molecule has 220 valence electrons. The lowest BCUT2D eigenvalue weighted by Crippen LogP contribution is -1.99. The van der Waals surface area contributed by atoms with E-state index >= 15 is 0 Å². The van der Waals surface area contributed by atoms with Crippen LogP contribution >= 0.6 is 0 Å². The zero-order chi connectivity index (χ0) is 27.5. The minimum atomic E-state index is -0.159. The van der Waals surface area contributed by atoms with Crippen molar-refractivity contribution < 1.29 is 14.6 Å². The molecule has 0 aromatic rings. The number of carbonyl (C=O) groups excluding carboxylic acids is 1. The highest BCUT2D eigenvalue weighted by molar-refractivity contribution is 5.65. The second-order valence-electron chi connectivity index (χ2n) is 10.5. The van der Waals surface area contributed by atoms with Crippen molar-refractivity contribution in [1.29, 1.82) is 0 Å². The molecule has 1 N–H and O–H groups in total. The summed E-state index contributed by atoms with van der Waals surface area (Å²) in [5.41, 5.74) is 0. The molecule has 0 fully saturated rings. The fourth-order valence-electron chi connectivity index (χ4n) is 4.22. The molecule has 0 saturated carbocycles. The van der Waals surface area contributed by atoms with Crippen LogP contribution in [0.5, 0.6) is 0 Å². The molecule has 0 atom stereocenters. The van der Waals surface area contributed by atoms with Crippen LogP contribution in [0, 0.1) is 0 Å². The summed E-state index contributed by atoms with van der Waals surface area (Å²) < 4.78 is 4.91. The Bertz CT molecular complexity index is 470. The Balaban J connectivity index is 0. The van der Waals surface area contributed by atoms with Gasteiger partial charge < -0.3 is 9.84 Å². The van der Waals surface area contributed by atoms with Crippen molar-refractivity contribution in [3.05, 3.63) is 24.3 Å². The molecule has 0 spiro atoms. The van der Waals surface area contributed by atoms with Crippen LogP contribution in [0.2, 0.25) is 0 Å². The topological polar surface area (TPSA) is 46.5 Å². The van der Waals surface area contributed by atoms with Crippen LogP contribution in [-0.4, -0.2) is 24.3 Å². The molecule has 0 rings (SSSR count). The highest BCUT2D eigenvalue weighted by Crippen LogP contribution is 2.10. The summed E-state index contributed by atoms with van der Waals surface area (Å²) in [6.07, 6.45) is 40.3. The number of unbranched alkanes of at least 4 members (excludes halogenated alkanes) is 20. The standard InChI is InChI=1S/C20H38O2.C14H28O/c1-3-4-5-6-7-8-9-10-11-12-13-14-15-16-17-18-19-22-20(2)21;1-2-3-4-5-6-7-8-9-10-11-12-13-14-15/h10-11H,3-9,12-19H2,1-2H3;9-10,15H,2-8,11-14H2,1H3/b11-10+;10-9-. The molecule has 0 aromatic carbocycles.